The first-order valence-corrected chi connectivity index (χ1v) is 4.60. The Morgan fingerprint density at radius 2 is 2.20 bits per heavy atom. The average Bonchev–Trinajstić information content (AvgIpc) is 2.16. The van der Waals surface area contributed by atoms with Crippen molar-refractivity contribution >= 4 is 5.82 Å². The summed E-state index contributed by atoms with van der Waals surface area (Å²) in [5.74, 6) is 0.521. The van der Waals surface area contributed by atoms with E-state index in [0.717, 1.165) is 5.56 Å². The number of aromatic nitrogens is 1. The Balaban J connectivity index is 2.85. The molecule has 0 spiro atoms. The lowest BCUT2D eigenvalue weighted by molar-refractivity contribution is 0.156. The van der Waals surface area contributed by atoms with Crippen molar-refractivity contribution in [2.45, 2.75) is 20.0 Å². The standard InChI is InChI=1S/C10H14F2N2O/c1-7-3-8(6-15)4-13-10(7)14(2)5-9(11)12/h3-4,9,15H,5-6H2,1-2H3. The molecule has 0 aliphatic carbocycles. The molecule has 1 aromatic rings. The van der Waals surface area contributed by atoms with E-state index in [1.807, 2.05) is 0 Å². The van der Waals surface area contributed by atoms with E-state index in [9.17, 15) is 8.78 Å². The topological polar surface area (TPSA) is 36.4 Å². The summed E-state index contributed by atoms with van der Waals surface area (Å²) in [7, 11) is 1.57. The molecule has 0 saturated carbocycles. The molecule has 0 atom stereocenters. The number of halogens is 2. The molecule has 0 aliphatic heterocycles. The Morgan fingerprint density at radius 3 is 2.67 bits per heavy atom. The molecule has 0 bridgehead atoms. The van der Waals surface area contributed by atoms with Crippen LogP contribution in [0.1, 0.15) is 11.1 Å². The van der Waals surface area contributed by atoms with Gasteiger partial charge >= 0.3 is 0 Å². The number of hydrogen-bond donors (Lipinski definition) is 1. The largest absolute Gasteiger partial charge is 0.392 e. The minimum atomic E-state index is -2.38. The number of aliphatic hydroxyl groups is 1. The Hall–Kier alpha value is -1.23. The molecule has 0 unspecified atom stereocenters. The van der Waals surface area contributed by atoms with Crippen LogP contribution in [0.5, 0.6) is 0 Å². The van der Waals surface area contributed by atoms with Crippen molar-refractivity contribution in [2.75, 3.05) is 18.5 Å². The molecule has 1 heterocycles. The first-order chi connectivity index (χ1) is 7.04. The summed E-state index contributed by atoms with van der Waals surface area (Å²) in [6.07, 6.45) is -0.890. The van der Waals surface area contributed by atoms with Crippen molar-refractivity contribution in [3.63, 3.8) is 0 Å². The molecular weight excluding hydrogens is 202 g/mol. The molecule has 84 valence electrons. The first-order valence-electron chi connectivity index (χ1n) is 4.60. The van der Waals surface area contributed by atoms with Gasteiger partial charge in [-0.1, -0.05) is 0 Å². The van der Waals surface area contributed by atoms with E-state index in [2.05, 4.69) is 4.98 Å². The van der Waals surface area contributed by atoms with E-state index >= 15 is 0 Å². The number of aliphatic hydroxyl groups excluding tert-OH is 1. The number of hydrogen-bond acceptors (Lipinski definition) is 3. The smallest absolute Gasteiger partial charge is 0.255 e. The van der Waals surface area contributed by atoms with Crippen molar-refractivity contribution in [1.82, 2.24) is 4.98 Å². The highest BCUT2D eigenvalue weighted by atomic mass is 19.3. The fraction of sp³-hybridized carbons (Fsp3) is 0.500. The van der Waals surface area contributed by atoms with Crippen molar-refractivity contribution < 1.29 is 13.9 Å². The minimum absolute atomic E-state index is 0.0906. The predicted octanol–water partition coefficient (Wildman–Crippen LogP) is 1.58. The van der Waals surface area contributed by atoms with Crippen LogP contribution in [-0.4, -0.2) is 30.1 Å². The zero-order chi connectivity index (χ0) is 11.4. The van der Waals surface area contributed by atoms with Gasteiger partial charge in [-0.05, 0) is 24.1 Å². The lowest BCUT2D eigenvalue weighted by Crippen LogP contribution is -2.25. The van der Waals surface area contributed by atoms with Crippen molar-refractivity contribution in [1.29, 1.82) is 0 Å². The summed E-state index contributed by atoms with van der Waals surface area (Å²) >= 11 is 0. The second-order valence-electron chi connectivity index (χ2n) is 3.41. The molecule has 0 radical (unpaired) electrons. The number of aryl methyl sites for hydroxylation is 1. The predicted molar refractivity (Wildman–Crippen MR) is 54.2 cm³/mol. The van der Waals surface area contributed by atoms with Crippen molar-refractivity contribution in [3.8, 4) is 0 Å². The van der Waals surface area contributed by atoms with Gasteiger partial charge in [0, 0.05) is 13.2 Å². The number of pyridine rings is 1. The SMILES string of the molecule is Cc1cc(CO)cnc1N(C)CC(F)F. The molecule has 0 fully saturated rings. The Morgan fingerprint density at radius 1 is 1.53 bits per heavy atom. The van der Waals surface area contributed by atoms with Crippen molar-refractivity contribution in [3.05, 3.63) is 23.4 Å². The molecular formula is C10H14F2N2O. The lowest BCUT2D eigenvalue weighted by atomic mass is 10.2. The summed E-state index contributed by atoms with van der Waals surface area (Å²) < 4.78 is 24.3. The maximum atomic E-state index is 12.1. The normalized spacial score (nSPS) is 10.8. The highest BCUT2D eigenvalue weighted by Crippen LogP contribution is 2.17. The van der Waals surface area contributed by atoms with Crippen LogP contribution in [0, 0.1) is 6.92 Å². The Kier molecular flexibility index (Phi) is 3.96. The van der Waals surface area contributed by atoms with Gasteiger partial charge < -0.3 is 10.0 Å². The van der Waals surface area contributed by atoms with Gasteiger partial charge in [-0.3, -0.25) is 0 Å². The van der Waals surface area contributed by atoms with Crippen LogP contribution >= 0.6 is 0 Å². The molecule has 1 aromatic heterocycles. The van der Waals surface area contributed by atoms with Crippen LogP contribution < -0.4 is 4.90 Å². The van der Waals surface area contributed by atoms with Gasteiger partial charge in [0.15, 0.2) is 0 Å². The van der Waals surface area contributed by atoms with Gasteiger partial charge in [-0.2, -0.15) is 0 Å². The minimum Gasteiger partial charge on any atom is -0.392 e. The van der Waals surface area contributed by atoms with E-state index in [1.165, 1.54) is 11.1 Å². The summed E-state index contributed by atoms with van der Waals surface area (Å²) in [5, 5.41) is 8.86. The van der Waals surface area contributed by atoms with Gasteiger partial charge in [-0.25, -0.2) is 13.8 Å². The third-order valence-electron chi connectivity index (χ3n) is 2.06. The highest BCUT2D eigenvalue weighted by molar-refractivity contribution is 5.46. The maximum absolute atomic E-state index is 12.1. The second kappa shape index (κ2) is 5.02. The van der Waals surface area contributed by atoms with Crippen molar-refractivity contribution in [2.24, 2.45) is 0 Å². The van der Waals surface area contributed by atoms with Crippen LogP contribution in [0.15, 0.2) is 12.3 Å². The van der Waals surface area contributed by atoms with Crippen LogP contribution in [0.2, 0.25) is 0 Å². The molecule has 3 nitrogen and oxygen atoms in total. The number of anilines is 1. The second-order valence-corrected chi connectivity index (χ2v) is 3.41. The van der Waals surface area contributed by atoms with Gasteiger partial charge in [0.1, 0.15) is 5.82 Å². The van der Waals surface area contributed by atoms with Crippen LogP contribution in [0.4, 0.5) is 14.6 Å². The third kappa shape index (κ3) is 3.13. The fourth-order valence-electron chi connectivity index (χ4n) is 1.41. The monoisotopic (exact) mass is 216 g/mol. The van der Waals surface area contributed by atoms with Crippen LogP contribution in [0.3, 0.4) is 0 Å². The summed E-state index contributed by atoms with van der Waals surface area (Å²) in [6, 6.07) is 1.74. The zero-order valence-electron chi connectivity index (χ0n) is 8.74. The summed E-state index contributed by atoms with van der Waals surface area (Å²) in [6.45, 7) is 1.35. The fourth-order valence-corrected chi connectivity index (χ4v) is 1.41. The zero-order valence-corrected chi connectivity index (χ0v) is 8.74. The average molecular weight is 216 g/mol. The van der Waals surface area contributed by atoms with E-state index in [1.54, 1.807) is 20.0 Å². The summed E-state index contributed by atoms with van der Waals surface area (Å²) in [5.41, 5.74) is 1.46. The van der Waals surface area contributed by atoms with E-state index in [0.29, 0.717) is 11.4 Å². The molecule has 15 heavy (non-hydrogen) atoms. The van der Waals surface area contributed by atoms with Gasteiger partial charge in [-0.15, -0.1) is 0 Å². The van der Waals surface area contributed by atoms with E-state index in [-0.39, 0.29) is 13.2 Å². The third-order valence-corrected chi connectivity index (χ3v) is 2.06. The molecule has 1 rings (SSSR count). The molecule has 5 heteroatoms. The Labute approximate surface area is 87.4 Å². The van der Waals surface area contributed by atoms with E-state index < -0.39 is 6.43 Å². The van der Waals surface area contributed by atoms with Crippen LogP contribution in [-0.2, 0) is 6.61 Å². The van der Waals surface area contributed by atoms with Gasteiger partial charge in [0.2, 0.25) is 0 Å². The maximum Gasteiger partial charge on any atom is 0.255 e. The number of nitrogens with zero attached hydrogens (tertiary/aromatic N) is 2. The number of alkyl halides is 2. The molecule has 0 aliphatic rings. The van der Waals surface area contributed by atoms with E-state index in [4.69, 9.17) is 5.11 Å². The number of rotatable bonds is 4. The lowest BCUT2D eigenvalue weighted by Gasteiger charge is -2.19. The molecule has 0 aromatic carbocycles. The molecule has 1 N–H and O–H groups in total. The molecule has 0 amide bonds. The van der Waals surface area contributed by atoms with Crippen LogP contribution in [0.25, 0.3) is 0 Å². The first kappa shape index (κ1) is 11.8. The quantitative estimate of drug-likeness (QED) is 0.830. The molecule has 0 saturated heterocycles. The highest BCUT2D eigenvalue weighted by Gasteiger charge is 2.11. The Bertz CT molecular complexity index is 331. The van der Waals surface area contributed by atoms with Gasteiger partial charge in [0.25, 0.3) is 6.43 Å². The van der Waals surface area contributed by atoms with Gasteiger partial charge in [0.05, 0.1) is 13.2 Å². The summed E-state index contributed by atoms with van der Waals surface area (Å²) in [4.78, 5) is 5.44.